The van der Waals surface area contributed by atoms with Crippen LogP contribution in [0.25, 0.3) is 0 Å². The minimum absolute atomic E-state index is 0.0821. The molecule has 1 heterocycles. The third-order valence-corrected chi connectivity index (χ3v) is 2.30. The number of ether oxygens (including phenoxy) is 1. The second-order valence-electron chi connectivity index (χ2n) is 3.62. The maximum atomic E-state index is 11.4. The van der Waals surface area contributed by atoms with Gasteiger partial charge in [0.2, 0.25) is 0 Å². The predicted molar refractivity (Wildman–Crippen MR) is 59.2 cm³/mol. The van der Waals surface area contributed by atoms with Gasteiger partial charge in [-0.1, -0.05) is 24.3 Å². The Bertz CT molecular complexity index is 320. The molecule has 16 heavy (non-hydrogen) atoms. The van der Waals surface area contributed by atoms with Crippen LogP contribution in [0.3, 0.4) is 0 Å². The fourth-order valence-corrected chi connectivity index (χ4v) is 1.35. The SMILES string of the molecule is CC=CCC=CCCC(=O)[C@@H]1O[C@@H]1C(=N)[O-]. The molecule has 1 aliphatic heterocycles. The minimum Gasteiger partial charge on any atom is -0.860 e. The number of epoxide rings is 1. The summed E-state index contributed by atoms with van der Waals surface area (Å²) in [4.78, 5) is 11.4. The van der Waals surface area contributed by atoms with E-state index in [4.69, 9.17) is 10.1 Å². The van der Waals surface area contributed by atoms with Crippen LogP contribution in [0.4, 0.5) is 0 Å². The van der Waals surface area contributed by atoms with Crippen molar-refractivity contribution in [3.8, 4) is 0 Å². The second-order valence-corrected chi connectivity index (χ2v) is 3.62. The summed E-state index contributed by atoms with van der Waals surface area (Å²) in [5, 5.41) is 17.3. The largest absolute Gasteiger partial charge is 0.860 e. The Balaban J connectivity index is 2.12. The van der Waals surface area contributed by atoms with Crippen LogP contribution in [0.5, 0.6) is 0 Å². The Hall–Kier alpha value is -1.42. The van der Waals surface area contributed by atoms with Gasteiger partial charge in [-0.15, -0.1) is 0 Å². The number of hydrogen-bond donors (Lipinski definition) is 1. The van der Waals surface area contributed by atoms with Gasteiger partial charge in [-0.3, -0.25) is 4.79 Å². The van der Waals surface area contributed by atoms with Gasteiger partial charge < -0.3 is 15.3 Å². The summed E-state index contributed by atoms with van der Waals surface area (Å²) in [6, 6.07) is 0. The molecule has 0 aliphatic carbocycles. The molecule has 0 saturated carbocycles. The topological polar surface area (TPSA) is 76.5 Å². The summed E-state index contributed by atoms with van der Waals surface area (Å²) < 4.78 is 4.81. The summed E-state index contributed by atoms with van der Waals surface area (Å²) in [6.45, 7) is 1.96. The summed E-state index contributed by atoms with van der Waals surface area (Å²) >= 11 is 0. The Morgan fingerprint density at radius 3 is 2.69 bits per heavy atom. The molecule has 0 aromatic carbocycles. The lowest BCUT2D eigenvalue weighted by Crippen LogP contribution is -2.26. The maximum absolute atomic E-state index is 11.4. The highest BCUT2D eigenvalue weighted by Crippen LogP contribution is 2.24. The molecule has 1 aliphatic rings. The van der Waals surface area contributed by atoms with Gasteiger partial charge in [0.15, 0.2) is 5.78 Å². The van der Waals surface area contributed by atoms with E-state index in [2.05, 4.69) is 0 Å². The van der Waals surface area contributed by atoms with E-state index in [-0.39, 0.29) is 5.78 Å². The lowest BCUT2D eigenvalue weighted by atomic mass is 10.1. The number of allylic oxidation sites excluding steroid dienone is 4. The third kappa shape index (κ3) is 3.98. The molecule has 0 aromatic heterocycles. The maximum Gasteiger partial charge on any atom is 0.164 e. The number of rotatable bonds is 7. The van der Waals surface area contributed by atoms with E-state index in [1.807, 2.05) is 31.2 Å². The molecule has 0 radical (unpaired) electrons. The Labute approximate surface area is 95.1 Å². The fraction of sp³-hybridized carbons (Fsp3) is 0.500. The van der Waals surface area contributed by atoms with Gasteiger partial charge in [0.1, 0.15) is 12.2 Å². The molecule has 1 saturated heterocycles. The van der Waals surface area contributed by atoms with E-state index in [1.165, 1.54) is 0 Å². The van der Waals surface area contributed by atoms with Crippen LogP contribution >= 0.6 is 0 Å². The van der Waals surface area contributed by atoms with Gasteiger partial charge in [-0.2, -0.15) is 0 Å². The Morgan fingerprint density at radius 2 is 2.12 bits per heavy atom. The highest BCUT2D eigenvalue weighted by molar-refractivity contribution is 5.93. The lowest BCUT2D eigenvalue weighted by molar-refractivity contribution is -0.221. The minimum atomic E-state index is -0.804. The summed E-state index contributed by atoms with van der Waals surface area (Å²) in [6.07, 6.45) is 8.41. The number of carbonyl (C=O) groups excluding carboxylic acids is 1. The first-order valence-corrected chi connectivity index (χ1v) is 5.36. The number of Topliss-reactive ketones (excluding diaryl/α,β-unsaturated/α-hetero) is 1. The molecular weight excluding hydrogens is 206 g/mol. The molecule has 1 fully saturated rings. The van der Waals surface area contributed by atoms with Crippen molar-refractivity contribution in [2.24, 2.45) is 0 Å². The first-order chi connectivity index (χ1) is 7.66. The molecule has 0 unspecified atom stereocenters. The Kier molecular flexibility index (Phi) is 4.92. The zero-order valence-corrected chi connectivity index (χ0v) is 9.31. The van der Waals surface area contributed by atoms with Crippen molar-refractivity contribution in [3.63, 3.8) is 0 Å². The monoisotopic (exact) mass is 222 g/mol. The standard InChI is InChI=1S/C12H17NO3/c1-2-3-4-5-6-7-8-9(14)10-11(16-10)12(13)15/h2-3,5-6,10-11H,4,7-8H2,1H3,(H2,13,15)/p-1/t10-,11-/m0/s1. The van der Waals surface area contributed by atoms with Crippen LogP contribution in [-0.4, -0.2) is 23.9 Å². The van der Waals surface area contributed by atoms with Gasteiger partial charge in [0.05, 0.1) is 0 Å². The average molecular weight is 222 g/mol. The van der Waals surface area contributed by atoms with E-state index in [1.54, 1.807) is 0 Å². The fourth-order valence-electron chi connectivity index (χ4n) is 1.35. The molecule has 0 spiro atoms. The first-order valence-electron chi connectivity index (χ1n) is 5.36. The molecule has 0 aromatic rings. The van der Waals surface area contributed by atoms with Crippen LogP contribution < -0.4 is 5.11 Å². The van der Waals surface area contributed by atoms with Crippen LogP contribution in [0, 0.1) is 5.41 Å². The highest BCUT2D eigenvalue weighted by Gasteiger charge is 2.43. The molecule has 2 atom stereocenters. The smallest absolute Gasteiger partial charge is 0.164 e. The van der Waals surface area contributed by atoms with Crippen molar-refractivity contribution in [3.05, 3.63) is 24.3 Å². The van der Waals surface area contributed by atoms with Crippen molar-refractivity contribution in [2.45, 2.75) is 38.4 Å². The van der Waals surface area contributed by atoms with E-state index in [0.717, 1.165) is 6.42 Å². The molecular formula is C12H16NO3-. The molecule has 0 bridgehead atoms. The summed E-state index contributed by atoms with van der Waals surface area (Å²) in [7, 11) is 0. The van der Waals surface area contributed by atoms with Crippen molar-refractivity contribution in [2.75, 3.05) is 0 Å². The van der Waals surface area contributed by atoms with Gasteiger partial charge in [-0.25, -0.2) is 0 Å². The van der Waals surface area contributed by atoms with Crippen molar-refractivity contribution in [1.29, 1.82) is 5.41 Å². The molecule has 4 heteroatoms. The van der Waals surface area contributed by atoms with Crippen LogP contribution in [0.2, 0.25) is 0 Å². The highest BCUT2D eigenvalue weighted by atomic mass is 16.6. The molecule has 1 N–H and O–H groups in total. The number of ketones is 1. The number of nitrogens with one attached hydrogen (secondary N) is 1. The second kappa shape index (κ2) is 6.23. The van der Waals surface area contributed by atoms with Gasteiger partial charge in [-0.05, 0) is 25.7 Å². The zero-order chi connectivity index (χ0) is 12.0. The third-order valence-electron chi connectivity index (χ3n) is 2.30. The van der Waals surface area contributed by atoms with Gasteiger partial charge in [0, 0.05) is 6.42 Å². The quantitative estimate of drug-likeness (QED) is 0.302. The Morgan fingerprint density at radius 1 is 1.38 bits per heavy atom. The average Bonchev–Trinajstić information content (AvgIpc) is 3.02. The van der Waals surface area contributed by atoms with Gasteiger partial charge >= 0.3 is 0 Å². The molecule has 0 amide bonds. The number of carbonyl (C=O) groups is 1. The van der Waals surface area contributed by atoms with E-state index >= 15 is 0 Å². The van der Waals surface area contributed by atoms with E-state index < -0.39 is 18.1 Å². The lowest BCUT2D eigenvalue weighted by Gasteiger charge is -1.99. The van der Waals surface area contributed by atoms with Gasteiger partial charge in [0.25, 0.3) is 0 Å². The zero-order valence-electron chi connectivity index (χ0n) is 9.31. The van der Waals surface area contributed by atoms with E-state index in [9.17, 15) is 9.90 Å². The van der Waals surface area contributed by atoms with Crippen molar-refractivity contribution in [1.82, 2.24) is 0 Å². The predicted octanol–water partition coefficient (Wildman–Crippen LogP) is 0.963. The van der Waals surface area contributed by atoms with Crippen LogP contribution in [0.15, 0.2) is 24.3 Å². The van der Waals surface area contributed by atoms with Crippen molar-refractivity contribution < 1.29 is 14.6 Å². The van der Waals surface area contributed by atoms with E-state index in [0.29, 0.717) is 12.8 Å². The first kappa shape index (κ1) is 12.6. The number of hydrogen-bond acceptors (Lipinski definition) is 4. The molecule has 1 rings (SSSR count). The van der Waals surface area contributed by atoms with Crippen LogP contribution in [-0.2, 0) is 9.53 Å². The molecule has 4 nitrogen and oxygen atoms in total. The van der Waals surface area contributed by atoms with Crippen molar-refractivity contribution >= 4 is 11.7 Å². The normalized spacial score (nSPS) is 24.1. The van der Waals surface area contributed by atoms with Crippen LogP contribution in [0.1, 0.15) is 26.2 Å². The summed E-state index contributed by atoms with van der Waals surface area (Å²) in [5.74, 6) is -0.886. The molecule has 88 valence electrons. The summed E-state index contributed by atoms with van der Waals surface area (Å²) in [5.41, 5.74) is 0.